The van der Waals surface area contributed by atoms with Crippen molar-refractivity contribution in [3.8, 4) is 0 Å². The Kier molecular flexibility index (Phi) is 7.28. The number of benzene rings is 2. The van der Waals surface area contributed by atoms with Gasteiger partial charge in [0.1, 0.15) is 0 Å². The molecule has 3 fully saturated rings. The van der Waals surface area contributed by atoms with Crippen molar-refractivity contribution < 1.29 is 37.0 Å². The number of urea groups is 1. The van der Waals surface area contributed by atoms with Crippen LogP contribution < -0.4 is 5.32 Å². The number of hydrogen-bond acceptors (Lipinski definition) is 5. The Bertz CT molecular complexity index is 1210. The number of carbonyl (C=O) groups excluding carboxylic acids is 3. The number of carbonyl (C=O) groups is 3. The van der Waals surface area contributed by atoms with Gasteiger partial charge in [0, 0.05) is 30.7 Å². The van der Waals surface area contributed by atoms with E-state index in [1.165, 1.54) is 7.11 Å². The molecule has 1 aliphatic carbocycles. The molecule has 208 valence electrons. The lowest BCUT2D eigenvalue weighted by Crippen LogP contribution is -2.51. The molecule has 1 unspecified atom stereocenters. The first-order valence-electron chi connectivity index (χ1n) is 12.9. The molecule has 3 amide bonds. The van der Waals surface area contributed by atoms with E-state index >= 15 is 0 Å². The number of likely N-dealkylation sites (tertiary alicyclic amines) is 1. The maximum Gasteiger partial charge on any atom is 0.471 e. The van der Waals surface area contributed by atoms with Crippen LogP contribution in [0.15, 0.2) is 54.6 Å². The summed E-state index contributed by atoms with van der Waals surface area (Å²) in [5.41, 5.74) is 1.13. The van der Waals surface area contributed by atoms with E-state index in [9.17, 15) is 27.6 Å². The Labute approximate surface area is 224 Å². The number of esters is 1. The van der Waals surface area contributed by atoms with E-state index in [0.29, 0.717) is 50.0 Å². The molecule has 39 heavy (non-hydrogen) atoms. The highest BCUT2D eigenvalue weighted by Gasteiger charge is 2.57. The van der Waals surface area contributed by atoms with Gasteiger partial charge in [-0.2, -0.15) is 13.2 Å². The molecule has 1 saturated carbocycles. The van der Waals surface area contributed by atoms with Crippen LogP contribution in [0.2, 0.25) is 0 Å². The summed E-state index contributed by atoms with van der Waals surface area (Å²) in [7, 11) is 1.29. The highest BCUT2D eigenvalue weighted by atomic mass is 19.4. The number of rotatable bonds is 5. The van der Waals surface area contributed by atoms with E-state index in [-0.39, 0.29) is 18.6 Å². The Morgan fingerprint density at radius 2 is 1.72 bits per heavy atom. The van der Waals surface area contributed by atoms with E-state index in [2.05, 4.69) is 10.1 Å². The molecular weight excluding hydrogens is 515 g/mol. The zero-order chi connectivity index (χ0) is 27.8. The molecule has 2 saturated heterocycles. The van der Waals surface area contributed by atoms with Crippen molar-refractivity contribution in [2.24, 2.45) is 0 Å². The van der Waals surface area contributed by atoms with Crippen molar-refractivity contribution >= 4 is 23.6 Å². The highest BCUT2D eigenvalue weighted by Crippen LogP contribution is 2.49. The fourth-order valence-corrected chi connectivity index (χ4v) is 5.76. The largest absolute Gasteiger partial charge is 0.471 e. The number of halogens is 3. The lowest BCUT2D eigenvalue weighted by Gasteiger charge is -2.39. The van der Waals surface area contributed by atoms with Crippen molar-refractivity contribution in [3.05, 3.63) is 65.7 Å². The first-order valence-corrected chi connectivity index (χ1v) is 12.9. The van der Waals surface area contributed by atoms with Crippen LogP contribution in [0, 0.1) is 0 Å². The monoisotopic (exact) mass is 545 g/mol. The fraction of sp³-hybridized carbons (Fsp3) is 0.464. The first kappa shape index (κ1) is 27.0. The Morgan fingerprint density at radius 1 is 1.05 bits per heavy atom. The van der Waals surface area contributed by atoms with Crippen LogP contribution in [-0.4, -0.2) is 78.4 Å². The van der Waals surface area contributed by atoms with E-state index in [4.69, 9.17) is 4.74 Å². The van der Waals surface area contributed by atoms with Gasteiger partial charge in [0.05, 0.1) is 30.9 Å². The number of amides is 3. The third-order valence-electron chi connectivity index (χ3n) is 7.92. The van der Waals surface area contributed by atoms with Gasteiger partial charge >= 0.3 is 24.1 Å². The van der Waals surface area contributed by atoms with Gasteiger partial charge in [-0.15, -0.1) is 0 Å². The lowest BCUT2D eigenvalue weighted by molar-refractivity contribution is -0.188. The topological polar surface area (TPSA) is 88.2 Å². The van der Waals surface area contributed by atoms with Gasteiger partial charge < -0.3 is 24.6 Å². The minimum Gasteiger partial charge on any atom is -0.465 e. The van der Waals surface area contributed by atoms with Gasteiger partial charge in [-0.1, -0.05) is 30.3 Å². The predicted molar refractivity (Wildman–Crippen MR) is 135 cm³/mol. The van der Waals surface area contributed by atoms with Gasteiger partial charge in [-0.05, 0) is 55.5 Å². The molecule has 5 rings (SSSR count). The van der Waals surface area contributed by atoms with Crippen LogP contribution in [0.4, 0.5) is 23.7 Å². The fourth-order valence-electron chi connectivity index (χ4n) is 5.76. The molecule has 2 aromatic carbocycles. The average Bonchev–Trinajstić information content (AvgIpc) is 3.62. The van der Waals surface area contributed by atoms with E-state index in [1.807, 2.05) is 30.3 Å². The highest BCUT2D eigenvalue weighted by molar-refractivity contribution is 5.92. The summed E-state index contributed by atoms with van der Waals surface area (Å²) in [6.07, 6.45) is -3.25. The second-order valence-corrected chi connectivity index (χ2v) is 10.4. The maximum atomic E-state index is 13.6. The molecule has 0 aromatic heterocycles. The average molecular weight is 546 g/mol. The molecule has 3 aliphatic rings. The van der Waals surface area contributed by atoms with Crippen LogP contribution in [0.25, 0.3) is 0 Å². The van der Waals surface area contributed by atoms with Crippen molar-refractivity contribution in [1.29, 1.82) is 0 Å². The summed E-state index contributed by atoms with van der Waals surface area (Å²) in [6, 6.07) is 14.1. The molecule has 3 atom stereocenters. The Balaban J connectivity index is 1.20. The van der Waals surface area contributed by atoms with Gasteiger partial charge in [-0.3, -0.25) is 4.79 Å². The third kappa shape index (κ3) is 5.73. The second kappa shape index (κ2) is 10.5. The number of nitrogens with one attached hydrogen (secondary N) is 1. The lowest BCUT2D eigenvalue weighted by atomic mass is 9.87. The van der Waals surface area contributed by atoms with E-state index in [0.717, 1.165) is 10.5 Å². The smallest absolute Gasteiger partial charge is 0.465 e. The van der Waals surface area contributed by atoms with Crippen molar-refractivity contribution in [1.82, 2.24) is 9.80 Å². The summed E-state index contributed by atoms with van der Waals surface area (Å²) < 4.78 is 51.5. The Hall–Kier alpha value is -3.60. The number of piperidine rings is 1. The van der Waals surface area contributed by atoms with Crippen molar-refractivity contribution in [2.75, 3.05) is 32.1 Å². The van der Waals surface area contributed by atoms with Gasteiger partial charge in [0.25, 0.3) is 0 Å². The minimum absolute atomic E-state index is 0.0402. The van der Waals surface area contributed by atoms with Crippen LogP contribution >= 0.6 is 0 Å². The molecule has 0 bridgehead atoms. The Morgan fingerprint density at radius 3 is 2.33 bits per heavy atom. The maximum absolute atomic E-state index is 13.6. The number of anilines is 1. The zero-order valence-corrected chi connectivity index (χ0v) is 21.4. The molecule has 8 nitrogen and oxygen atoms in total. The van der Waals surface area contributed by atoms with Gasteiger partial charge in [0.2, 0.25) is 0 Å². The number of hydrogen-bond donors (Lipinski definition) is 1. The quantitative estimate of drug-likeness (QED) is 0.556. The summed E-state index contributed by atoms with van der Waals surface area (Å²) in [5, 5.41) is 2.79. The van der Waals surface area contributed by atoms with Crippen LogP contribution in [0.3, 0.4) is 0 Å². The molecule has 2 aliphatic heterocycles. The predicted octanol–water partition coefficient (Wildman–Crippen LogP) is 4.58. The number of alkyl halides is 3. The van der Waals surface area contributed by atoms with E-state index in [1.54, 1.807) is 29.2 Å². The first-order chi connectivity index (χ1) is 18.6. The van der Waals surface area contributed by atoms with Gasteiger partial charge in [0.15, 0.2) is 0 Å². The molecule has 2 heterocycles. The van der Waals surface area contributed by atoms with Crippen LogP contribution in [0.1, 0.15) is 47.5 Å². The number of ether oxygens (including phenoxy) is 2. The van der Waals surface area contributed by atoms with E-state index < -0.39 is 35.7 Å². The number of nitrogens with zero attached hydrogens (tertiary/aromatic N) is 2. The molecule has 0 radical (unpaired) electrons. The molecule has 1 spiro atoms. The molecular formula is C28H30F3N3O5. The zero-order valence-electron chi connectivity index (χ0n) is 21.4. The summed E-state index contributed by atoms with van der Waals surface area (Å²) in [6.45, 7) is 0.767. The SMILES string of the molecule is COC(=O)c1ccc(NC(=O)N2CCC3(CC2)CC(N(C(=O)C(F)(F)F)[C@@H]2C[C@H]2c2ccccc2)CO3)cc1. The summed E-state index contributed by atoms with van der Waals surface area (Å²) in [5.74, 6) is -2.41. The summed E-state index contributed by atoms with van der Waals surface area (Å²) >= 11 is 0. The standard InChI is InChI=1S/C28H30F3N3O5/c1-38-24(35)19-7-9-20(10-8-19)32-26(37)33-13-11-27(12-14-33)16-21(17-39-27)34(25(36)28(29,30)31)23-15-22(23)18-5-3-2-4-6-18/h2-10,21-23H,11-17H2,1H3,(H,32,37)/t21?,22-,23+/m0/s1. The van der Waals surface area contributed by atoms with Gasteiger partial charge in [-0.25, -0.2) is 9.59 Å². The van der Waals surface area contributed by atoms with Crippen LogP contribution in [-0.2, 0) is 14.3 Å². The second-order valence-electron chi connectivity index (χ2n) is 10.4. The van der Waals surface area contributed by atoms with Crippen LogP contribution in [0.5, 0.6) is 0 Å². The van der Waals surface area contributed by atoms with Crippen molar-refractivity contribution in [2.45, 2.75) is 55.5 Å². The molecule has 11 heteroatoms. The van der Waals surface area contributed by atoms with Crippen molar-refractivity contribution in [3.63, 3.8) is 0 Å². The number of methoxy groups -OCH3 is 1. The summed E-state index contributed by atoms with van der Waals surface area (Å²) in [4.78, 5) is 39.5. The third-order valence-corrected chi connectivity index (χ3v) is 7.92. The molecule has 2 aromatic rings. The minimum atomic E-state index is -4.96. The normalized spacial score (nSPS) is 23.8. The molecule has 1 N–H and O–H groups in total.